The van der Waals surface area contributed by atoms with E-state index in [-0.39, 0.29) is 35.3 Å². The number of alkyl halides is 1. The van der Waals surface area contributed by atoms with Gasteiger partial charge in [-0.25, -0.2) is 8.78 Å². The molecule has 2 N–H and O–H groups in total. The lowest BCUT2D eigenvalue weighted by molar-refractivity contribution is -0.128. The number of benzene rings is 2. The second-order valence-corrected chi connectivity index (χ2v) is 8.75. The summed E-state index contributed by atoms with van der Waals surface area (Å²) >= 11 is 11.6. The maximum atomic E-state index is 13.5. The van der Waals surface area contributed by atoms with Crippen molar-refractivity contribution in [2.75, 3.05) is 18.1 Å². The minimum atomic E-state index is -1.22. The molecule has 0 radical (unpaired) electrons. The van der Waals surface area contributed by atoms with E-state index in [4.69, 9.17) is 32.7 Å². The lowest BCUT2D eigenvalue weighted by atomic mass is 10.1. The van der Waals surface area contributed by atoms with E-state index in [0.29, 0.717) is 10.7 Å². The number of amides is 3. The fourth-order valence-electron chi connectivity index (χ4n) is 3.40. The predicted molar refractivity (Wildman–Crippen MR) is 124 cm³/mol. The van der Waals surface area contributed by atoms with Crippen LogP contribution in [0.4, 0.5) is 14.5 Å². The zero-order valence-electron chi connectivity index (χ0n) is 18.0. The van der Waals surface area contributed by atoms with Crippen LogP contribution < -0.4 is 25.0 Å². The number of hydrogen-bond acceptors (Lipinski definition) is 5. The number of rotatable bonds is 7. The highest BCUT2D eigenvalue weighted by molar-refractivity contribution is 6.31. The molecule has 1 fully saturated rings. The number of carbonyl (C=O) groups excluding carboxylic acids is 3. The molecular weight excluding hydrogens is 507 g/mol. The van der Waals surface area contributed by atoms with Crippen molar-refractivity contribution in [1.29, 1.82) is 0 Å². The van der Waals surface area contributed by atoms with Gasteiger partial charge in [0.2, 0.25) is 5.91 Å². The highest BCUT2D eigenvalue weighted by Gasteiger charge is 2.48. The van der Waals surface area contributed by atoms with Crippen LogP contribution in [0.25, 0.3) is 0 Å². The number of hydrogen-bond donors (Lipinski definition) is 2. The molecule has 0 bridgehead atoms. The SMILES string of the molecule is C=C(NC(=O)COc1ccc(Cl)c(F)c1)NC(=O)[C@@H]1CN(C(=O)[C@H]2C[C@H]2F)c2cc(Cl)ccc2O1. The average Bonchev–Trinajstić information content (AvgIpc) is 3.55. The van der Waals surface area contributed by atoms with E-state index in [1.54, 1.807) is 0 Å². The van der Waals surface area contributed by atoms with E-state index in [1.807, 2.05) is 0 Å². The van der Waals surface area contributed by atoms with Gasteiger partial charge in [0.15, 0.2) is 12.7 Å². The molecule has 1 heterocycles. The van der Waals surface area contributed by atoms with Gasteiger partial charge < -0.3 is 25.0 Å². The Morgan fingerprint density at radius 1 is 1.17 bits per heavy atom. The summed E-state index contributed by atoms with van der Waals surface area (Å²) in [4.78, 5) is 38.9. The van der Waals surface area contributed by atoms with Crippen molar-refractivity contribution in [3.8, 4) is 11.5 Å². The molecule has 184 valence electrons. The molecule has 8 nitrogen and oxygen atoms in total. The number of anilines is 1. The molecule has 1 aliphatic carbocycles. The van der Waals surface area contributed by atoms with Gasteiger partial charge in [0.05, 0.1) is 23.2 Å². The number of carbonyl (C=O) groups is 3. The predicted octanol–water partition coefficient (Wildman–Crippen LogP) is 3.37. The Kier molecular flexibility index (Phi) is 7.13. The van der Waals surface area contributed by atoms with Crippen LogP contribution in [0.2, 0.25) is 10.0 Å². The summed E-state index contributed by atoms with van der Waals surface area (Å²) < 4.78 is 37.9. The van der Waals surface area contributed by atoms with E-state index in [9.17, 15) is 23.2 Å². The average molecular weight is 526 g/mol. The Morgan fingerprint density at radius 3 is 2.60 bits per heavy atom. The first-order chi connectivity index (χ1) is 16.6. The Morgan fingerprint density at radius 2 is 1.91 bits per heavy atom. The van der Waals surface area contributed by atoms with Crippen LogP contribution in [0, 0.1) is 11.7 Å². The summed E-state index contributed by atoms with van der Waals surface area (Å²) in [5.41, 5.74) is 0.341. The number of halogens is 4. The molecule has 12 heteroatoms. The highest BCUT2D eigenvalue weighted by Crippen LogP contribution is 2.41. The number of nitrogens with one attached hydrogen (secondary N) is 2. The topological polar surface area (TPSA) is 97.0 Å². The quantitative estimate of drug-likeness (QED) is 0.577. The summed E-state index contributed by atoms with van der Waals surface area (Å²) in [7, 11) is 0. The second-order valence-electron chi connectivity index (χ2n) is 7.91. The number of fused-ring (bicyclic) bond motifs is 1. The summed E-state index contributed by atoms with van der Waals surface area (Å²) in [6, 6.07) is 8.24. The molecule has 2 aromatic carbocycles. The van der Waals surface area contributed by atoms with Crippen molar-refractivity contribution in [3.05, 3.63) is 64.7 Å². The molecule has 1 saturated carbocycles. The van der Waals surface area contributed by atoms with Crippen molar-refractivity contribution in [2.45, 2.75) is 18.7 Å². The van der Waals surface area contributed by atoms with Crippen LogP contribution in [0.15, 0.2) is 48.8 Å². The first-order valence-electron chi connectivity index (χ1n) is 10.4. The minimum Gasteiger partial charge on any atom is -0.484 e. The molecule has 0 spiro atoms. The smallest absolute Gasteiger partial charge is 0.268 e. The Hall–Kier alpha value is -3.37. The molecule has 2 aromatic rings. The normalized spacial score (nSPS) is 20.2. The Bertz CT molecular complexity index is 1210. The maximum Gasteiger partial charge on any atom is 0.268 e. The fourth-order valence-corrected chi connectivity index (χ4v) is 3.68. The van der Waals surface area contributed by atoms with Crippen LogP contribution in [0.5, 0.6) is 11.5 Å². The molecule has 3 atom stereocenters. The van der Waals surface area contributed by atoms with Crippen molar-refractivity contribution in [3.63, 3.8) is 0 Å². The molecule has 0 aromatic heterocycles. The molecule has 1 aliphatic heterocycles. The summed E-state index contributed by atoms with van der Waals surface area (Å²) in [6.45, 7) is 2.89. The van der Waals surface area contributed by atoms with Crippen LogP contribution in [0.3, 0.4) is 0 Å². The van der Waals surface area contributed by atoms with E-state index >= 15 is 0 Å². The molecule has 0 saturated heterocycles. The van der Waals surface area contributed by atoms with Crippen LogP contribution >= 0.6 is 23.2 Å². The third-order valence-electron chi connectivity index (χ3n) is 5.24. The summed E-state index contributed by atoms with van der Waals surface area (Å²) in [5.74, 6) is -3.16. The van der Waals surface area contributed by atoms with E-state index in [2.05, 4.69) is 17.2 Å². The van der Waals surface area contributed by atoms with Gasteiger partial charge in [-0.05, 0) is 36.8 Å². The van der Waals surface area contributed by atoms with Gasteiger partial charge in [-0.15, -0.1) is 0 Å². The minimum absolute atomic E-state index is 0.0852. The van der Waals surface area contributed by atoms with Gasteiger partial charge in [0.25, 0.3) is 11.8 Å². The van der Waals surface area contributed by atoms with Crippen LogP contribution in [0.1, 0.15) is 6.42 Å². The summed E-state index contributed by atoms with van der Waals surface area (Å²) in [5, 5.41) is 4.98. The number of nitrogens with zero attached hydrogens (tertiary/aromatic N) is 1. The number of ether oxygens (including phenoxy) is 2. The van der Waals surface area contributed by atoms with E-state index in [1.165, 1.54) is 35.2 Å². The molecule has 2 aliphatic rings. The van der Waals surface area contributed by atoms with Gasteiger partial charge in [0, 0.05) is 11.1 Å². The van der Waals surface area contributed by atoms with Crippen molar-refractivity contribution >= 4 is 46.6 Å². The molecule has 0 unspecified atom stereocenters. The fraction of sp³-hybridized carbons (Fsp3) is 0.261. The zero-order valence-corrected chi connectivity index (χ0v) is 19.5. The third-order valence-corrected chi connectivity index (χ3v) is 5.78. The highest BCUT2D eigenvalue weighted by atomic mass is 35.5. The summed E-state index contributed by atoms with van der Waals surface area (Å²) in [6.07, 6.45) is -2.26. The zero-order chi connectivity index (χ0) is 25.3. The van der Waals surface area contributed by atoms with Gasteiger partial charge in [-0.1, -0.05) is 29.8 Å². The second kappa shape index (κ2) is 10.1. The maximum absolute atomic E-state index is 13.5. The largest absolute Gasteiger partial charge is 0.484 e. The van der Waals surface area contributed by atoms with Crippen molar-refractivity contribution in [1.82, 2.24) is 10.6 Å². The Labute approximate surface area is 208 Å². The molecule has 35 heavy (non-hydrogen) atoms. The third kappa shape index (κ3) is 5.83. The van der Waals surface area contributed by atoms with Crippen molar-refractivity contribution in [2.24, 2.45) is 5.92 Å². The lowest BCUT2D eigenvalue weighted by Gasteiger charge is -2.34. The van der Waals surface area contributed by atoms with Gasteiger partial charge in [-0.3, -0.25) is 14.4 Å². The molecular formula is C23H19Cl2F2N3O5. The van der Waals surface area contributed by atoms with Crippen molar-refractivity contribution < 1.29 is 32.6 Å². The standard InChI is InChI=1S/C23H19Cl2F2N3O5/c1-11(28-21(31)10-34-13-3-4-15(25)17(27)7-13)29-22(32)20-9-30(23(33)14-8-16(14)26)18-6-12(24)2-5-19(18)35-20/h2-7,14,16,20H,1,8-10H2,(H,28,31)(H,29,32)/t14-,16+,20-/m0/s1. The van der Waals surface area contributed by atoms with Gasteiger partial charge in [-0.2, -0.15) is 0 Å². The Balaban J connectivity index is 1.34. The van der Waals surface area contributed by atoms with Gasteiger partial charge >= 0.3 is 0 Å². The van der Waals surface area contributed by atoms with E-state index in [0.717, 1.165) is 6.07 Å². The van der Waals surface area contributed by atoms with Crippen LogP contribution in [-0.4, -0.2) is 43.1 Å². The molecule has 4 rings (SSSR count). The lowest BCUT2D eigenvalue weighted by Crippen LogP contribution is -2.52. The molecule has 3 amide bonds. The van der Waals surface area contributed by atoms with Crippen LogP contribution in [-0.2, 0) is 14.4 Å². The first kappa shape index (κ1) is 24.7. The first-order valence-corrected chi connectivity index (χ1v) is 11.2. The van der Waals surface area contributed by atoms with Gasteiger partial charge in [0.1, 0.15) is 29.3 Å². The monoisotopic (exact) mass is 525 g/mol. The van der Waals surface area contributed by atoms with E-state index < -0.39 is 48.3 Å².